The summed E-state index contributed by atoms with van der Waals surface area (Å²) in [6.45, 7) is 2.38. The molecule has 0 bridgehead atoms. The van der Waals surface area contributed by atoms with Crippen molar-refractivity contribution in [3.63, 3.8) is 0 Å². The summed E-state index contributed by atoms with van der Waals surface area (Å²) < 4.78 is 5.42. The minimum absolute atomic E-state index is 0.0779. The third kappa shape index (κ3) is 2.99. The van der Waals surface area contributed by atoms with Crippen molar-refractivity contribution in [2.75, 3.05) is 6.54 Å². The van der Waals surface area contributed by atoms with Crippen LogP contribution in [0.3, 0.4) is 0 Å². The molecule has 1 aliphatic heterocycles. The van der Waals surface area contributed by atoms with Crippen LogP contribution in [0.5, 0.6) is 0 Å². The van der Waals surface area contributed by atoms with Gasteiger partial charge in [0.25, 0.3) is 0 Å². The number of likely N-dealkylation sites (tertiary alicyclic amines) is 1. The number of carbonyl (C=O) groups is 1. The van der Waals surface area contributed by atoms with Gasteiger partial charge in [-0.25, -0.2) is 0 Å². The predicted octanol–water partition coefficient (Wildman–Crippen LogP) is 3.42. The highest BCUT2D eigenvalue weighted by atomic mass is 35.5. The lowest BCUT2D eigenvalue weighted by Gasteiger charge is -2.34. The van der Waals surface area contributed by atoms with Crippen molar-refractivity contribution in [1.82, 2.24) is 15.0 Å². The second kappa shape index (κ2) is 6.48. The number of benzene rings is 1. The smallest absolute Gasteiger partial charge is 0.249 e. The highest BCUT2D eigenvalue weighted by Gasteiger charge is 2.33. The molecule has 5 nitrogen and oxygen atoms in total. The van der Waals surface area contributed by atoms with Gasteiger partial charge in [0.05, 0.1) is 0 Å². The van der Waals surface area contributed by atoms with Crippen molar-refractivity contribution >= 4 is 17.5 Å². The van der Waals surface area contributed by atoms with Gasteiger partial charge in [-0.05, 0) is 26.2 Å². The summed E-state index contributed by atoms with van der Waals surface area (Å²) in [4.78, 5) is 18.5. The van der Waals surface area contributed by atoms with Gasteiger partial charge in [-0.1, -0.05) is 35.5 Å². The van der Waals surface area contributed by atoms with Gasteiger partial charge in [0.2, 0.25) is 17.6 Å². The summed E-state index contributed by atoms with van der Waals surface area (Å²) in [6, 6.07) is 9.48. The molecule has 1 aromatic carbocycles. The van der Waals surface area contributed by atoms with Crippen LogP contribution in [0.25, 0.3) is 11.4 Å². The van der Waals surface area contributed by atoms with Crippen LogP contribution in [0.1, 0.15) is 38.1 Å². The maximum Gasteiger partial charge on any atom is 0.249 e. The molecule has 0 spiro atoms. The van der Waals surface area contributed by atoms with Crippen LogP contribution in [-0.4, -0.2) is 32.9 Å². The molecule has 2 heterocycles. The fraction of sp³-hybridized carbons (Fsp3) is 0.438. The van der Waals surface area contributed by atoms with E-state index in [1.54, 1.807) is 11.8 Å². The highest BCUT2D eigenvalue weighted by Crippen LogP contribution is 2.32. The minimum atomic E-state index is -0.544. The molecule has 0 saturated carbocycles. The molecular formula is C16H18ClN3O2. The van der Waals surface area contributed by atoms with Crippen LogP contribution in [0.15, 0.2) is 34.9 Å². The van der Waals surface area contributed by atoms with Crippen molar-refractivity contribution in [2.24, 2.45) is 0 Å². The molecule has 116 valence electrons. The van der Waals surface area contributed by atoms with Gasteiger partial charge in [0.1, 0.15) is 11.4 Å². The van der Waals surface area contributed by atoms with E-state index in [0.29, 0.717) is 18.3 Å². The van der Waals surface area contributed by atoms with E-state index < -0.39 is 5.38 Å². The van der Waals surface area contributed by atoms with Crippen LogP contribution in [0.4, 0.5) is 0 Å². The minimum Gasteiger partial charge on any atom is -0.337 e. The molecule has 0 radical (unpaired) electrons. The zero-order chi connectivity index (χ0) is 15.5. The Kier molecular flexibility index (Phi) is 4.43. The molecule has 6 heteroatoms. The zero-order valence-corrected chi connectivity index (χ0v) is 13.2. The van der Waals surface area contributed by atoms with E-state index in [9.17, 15) is 4.79 Å². The molecule has 1 amide bonds. The van der Waals surface area contributed by atoms with Crippen molar-refractivity contribution in [2.45, 2.75) is 37.6 Å². The number of hydrogen-bond acceptors (Lipinski definition) is 4. The van der Waals surface area contributed by atoms with E-state index in [2.05, 4.69) is 10.1 Å². The average molecular weight is 320 g/mol. The molecule has 1 aliphatic rings. The van der Waals surface area contributed by atoms with Gasteiger partial charge in [-0.2, -0.15) is 4.98 Å². The number of piperidine rings is 1. The first kappa shape index (κ1) is 15.0. The zero-order valence-electron chi connectivity index (χ0n) is 12.4. The lowest BCUT2D eigenvalue weighted by Crippen LogP contribution is -2.41. The van der Waals surface area contributed by atoms with Gasteiger partial charge in [0.15, 0.2) is 0 Å². The Morgan fingerprint density at radius 1 is 1.36 bits per heavy atom. The van der Waals surface area contributed by atoms with E-state index in [-0.39, 0.29) is 11.9 Å². The number of hydrogen-bond donors (Lipinski definition) is 0. The number of nitrogens with zero attached hydrogens (tertiary/aromatic N) is 3. The summed E-state index contributed by atoms with van der Waals surface area (Å²) in [5, 5.41) is 3.50. The van der Waals surface area contributed by atoms with Crippen LogP contribution >= 0.6 is 11.6 Å². The number of halogens is 1. The second-order valence-corrected chi connectivity index (χ2v) is 6.14. The molecule has 2 aromatic rings. The molecule has 1 aromatic heterocycles. The van der Waals surface area contributed by atoms with Gasteiger partial charge < -0.3 is 9.42 Å². The van der Waals surface area contributed by atoms with Crippen LogP contribution in [0.2, 0.25) is 0 Å². The van der Waals surface area contributed by atoms with Gasteiger partial charge in [-0.15, -0.1) is 11.6 Å². The summed E-state index contributed by atoms with van der Waals surface area (Å²) >= 11 is 5.96. The topological polar surface area (TPSA) is 59.2 Å². The second-order valence-electron chi connectivity index (χ2n) is 5.48. The third-order valence-electron chi connectivity index (χ3n) is 3.88. The van der Waals surface area contributed by atoms with E-state index in [1.807, 2.05) is 30.3 Å². The Bertz CT molecular complexity index is 642. The molecule has 2 atom stereocenters. The Labute approximate surface area is 134 Å². The molecule has 3 rings (SSSR count). The Hall–Kier alpha value is -1.88. The molecule has 1 fully saturated rings. The number of aromatic nitrogens is 2. The van der Waals surface area contributed by atoms with Crippen molar-refractivity contribution in [1.29, 1.82) is 0 Å². The highest BCUT2D eigenvalue weighted by molar-refractivity contribution is 6.30. The first-order valence-corrected chi connectivity index (χ1v) is 7.94. The largest absolute Gasteiger partial charge is 0.337 e. The van der Waals surface area contributed by atoms with Gasteiger partial charge in [0, 0.05) is 12.1 Å². The SMILES string of the molecule is C[C@H](Cl)C(=O)N1CCCC[C@H]1c1nc(-c2ccccc2)no1. The van der Waals surface area contributed by atoms with Gasteiger partial charge in [-0.3, -0.25) is 4.79 Å². The van der Waals surface area contributed by atoms with E-state index in [1.165, 1.54) is 0 Å². The monoisotopic (exact) mass is 319 g/mol. The molecule has 0 N–H and O–H groups in total. The fourth-order valence-corrected chi connectivity index (χ4v) is 2.88. The predicted molar refractivity (Wildman–Crippen MR) is 83.4 cm³/mol. The summed E-state index contributed by atoms with van der Waals surface area (Å²) in [5.74, 6) is 0.961. The molecule has 0 unspecified atom stereocenters. The van der Waals surface area contributed by atoms with Crippen molar-refractivity contribution in [3.05, 3.63) is 36.2 Å². The van der Waals surface area contributed by atoms with Crippen LogP contribution in [0, 0.1) is 0 Å². The van der Waals surface area contributed by atoms with Crippen LogP contribution < -0.4 is 0 Å². The van der Waals surface area contributed by atoms with E-state index in [4.69, 9.17) is 16.1 Å². The number of rotatable bonds is 3. The van der Waals surface area contributed by atoms with E-state index >= 15 is 0 Å². The average Bonchev–Trinajstić information content (AvgIpc) is 3.05. The Morgan fingerprint density at radius 2 is 2.14 bits per heavy atom. The summed E-state index contributed by atoms with van der Waals surface area (Å²) in [5.41, 5.74) is 0.900. The number of amides is 1. The summed E-state index contributed by atoms with van der Waals surface area (Å²) in [6.07, 6.45) is 2.84. The molecular weight excluding hydrogens is 302 g/mol. The molecule has 0 aliphatic carbocycles. The van der Waals surface area contributed by atoms with Crippen LogP contribution in [-0.2, 0) is 4.79 Å². The fourth-order valence-electron chi connectivity index (χ4n) is 2.76. The maximum atomic E-state index is 12.3. The first-order chi connectivity index (χ1) is 10.7. The normalized spacial score (nSPS) is 19.9. The lowest BCUT2D eigenvalue weighted by molar-refractivity contribution is -0.135. The quantitative estimate of drug-likeness (QED) is 0.813. The third-order valence-corrected chi connectivity index (χ3v) is 4.07. The molecule has 1 saturated heterocycles. The standard InChI is InChI=1S/C16H18ClN3O2/c1-11(17)16(21)20-10-6-5-9-13(20)15-18-14(19-22-15)12-7-3-2-4-8-12/h2-4,7-8,11,13H,5-6,9-10H2,1H3/t11-,13-/m0/s1. The lowest BCUT2D eigenvalue weighted by atomic mass is 10.0. The van der Waals surface area contributed by atoms with Crippen molar-refractivity contribution < 1.29 is 9.32 Å². The first-order valence-electron chi connectivity index (χ1n) is 7.50. The maximum absolute atomic E-state index is 12.3. The Morgan fingerprint density at radius 3 is 2.86 bits per heavy atom. The van der Waals surface area contributed by atoms with Crippen molar-refractivity contribution in [3.8, 4) is 11.4 Å². The number of carbonyl (C=O) groups excluding carboxylic acids is 1. The summed E-state index contributed by atoms with van der Waals surface area (Å²) in [7, 11) is 0. The van der Waals surface area contributed by atoms with E-state index in [0.717, 1.165) is 24.8 Å². The van der Waals surface area contributed by atoms with Gasteiger partial charge >= 0.3 is 0 Å². The molecule has 22 heavy (non-hydrogen) atoms. The number of alkyl halides is 1. The Balaban J connectivity index is 1.86.